The summed E-state index contributed by atoms with van der Waals surface area (Å²) >= 11 is 0. The highest BCUT2D eigenvalue weighted by Crippen LogP contribution is 2.15. The summed E-state index contributed by atoms with van der Waals surface area (Å²) in [7, 11) is 0. The molecule has 1 aromatic carbocycles. The number of benzene rings is 1. The van der Waals surface area contributed by atoms with Crippen LogP contribution in [0.4, 0.5) is 0 Å². The first-order chi connectivity index (χ1) is 12.3. The van der Waals surface area contributed by atoms with Gasteiger partial charge < -0.3 is 4.74 Å². The molecule has 25 heavy (non-hydrogen) atoms. The average Bonchev–Trinajstić information content (AvgIpc) is 2.66. The molecule has 0 saturated heterocycles. The van der Waals surface area contributed by atoms with Crippen molar-refractivity contribution in [1.29, 1.82) is 0 Å². The molecule has 0 unspecified atom stereocenters. The molecule has 0 bridgehead atoms. The van der Waals surface area contributed by atoms with Gasteiger partial charge >= 0.3 is 0 Å². The molecule has 2 aromatic rings. The van der Waals surface area contributed by atoms with Crippen LogP contribution in [0.25, 0.3) is 0 Å². The Morgan fingerprint density at radius 1 is 0.720 bits per heavy atom. The molecule has 0 saturated carbocycles. The van der Waals surface area contributed by atoms with Gasteiger partial charge in [0, 0.05) is 11.9 Å². The van der Waals surface area contributed by atoms with Gasteiger partial charge in [-0.1, -0.05) is 57.7 Å². The highest BCUT2D eigenvalue weighted by Gasteiger charge is 2.00. The number of nitrogens with zero attached hydrogens (tertiary/aromatic N) is 1. The van der Waals surface area contributed by atoms with E-state index in [-0.39, 0.29) is 0 Å². The van der Waals surface area contributed by atoms with Gasteiger partial charge in [0.2, 0.25) is 0 Å². The quantitative estimate of drug-likeness (QED) is 0.431. The predicted octanol–water partition coefficient (Wildman–Crippen LogP) is 6.17. The van der Waals surface area contributed by atoms with Gasteiger partial charge in [-0.05, 0) is 61.4 Å². The number of unbranched alkanes of at least 4 members (excludes halogenated alkanes) is 4. The summed E-state index contributed by atoms with van der Waals surface area (Å²) in [5.41, 5.74) is 3.91. The Kier molecular flexibility index (Phi) is 9.11. The molecule has 2 nitrogen and oxygen atoms in total. The Bertz CT molecular complexity index is 574. The lowest BCUT2D eigenvalue weighted by atomic mass is 10.0. The molecule has 0 N–H and O–H groups in total. The average molecular weight is 340 g/mol. The van der Waals surface area contributed by atoms with Gasteiger partial charge in [0.25, 0.3) is 0 Å². The minimum absolute atomic E-state index is 0.788. The van der Waals surface area contributed by atoms with Crippen LogP contribution in [0.15, 0.2) is 42.6 Å². The monoisotopic (exact) mass is 339 g/mol. The van der Waals surface area contributed by atoms with Crippen LogP contribution in [-0.2, 0) is 19.3 Å². The van der Waals surface area contributed by atoms with Gasteiger partial charge in [0.1, 0.15) is 5.75 Å². The standard InChI is InChI=1S/C23H33NO/c1-3-5-6-7-8-9-22-15-12-21(19-24-22)11-10-20-13-16-23(17-14-20)25-18-4-2/h12-17,19H,3-11,18H2,1-2H3. The summed E-state index contributed by atoms with van der Waals surface area (Å²) in [4.78, 5) is 4.64. The first kappa shape index (κ1) is 19.5. The first-order valence-electron chi connectivity index (χ1n) is 9.97. The maximum Gasteiger partial charge on any atom is 0.119 e. The Hall–Kier alpha value is -1.83. The molecular formula is C23H33NO. The topological polar surface area (TPSA) is 22.1 Å². The predicted molar refractivity (Wildman–Crippen MR) is 106 cm³/mol. The zero-order valence-corrected chi connectivity index (χ0v) is 16.0. The Balaban J connectivity index is 1.71. The lowest BCUT2D eigenvalue weighted by molar-refractivity contribution is 0.317. The maximum atomic E-state index is 5.63. The van der Waals surface area contributed by atoms with Crippen molar-refractivity contribution < 1.29 is 4.74 Å². The molecule has 0 amide bonds. The van der Waals surface area contributed by atoms with E-state index in [9.17, 15) is 0 Å². The lowest BCUT2D eigenvalue weighted by Crippen LogP contribution is -1.97. The third-order valence-electron chi connectivity index (χ3n) is 4.52. The Morgan fingerprint density at radius 2 is 1.44 bits per heavy atom. The van der Waals surface area contributed by atoms with Crippen molar-refractivity contribution in [1.82, 2.24) is 4.98 Å². The van der Waals surface area contributed by atoms with E-state index in [1.54, 1.807) is 0 Å². The summed E-state index contributed by atoms with van der Waals surface area (Å²) in [6.45, 7) is 5.17. The fraction of sp³-hybridized carbons (Fsp3) is 0.522. The second-order valence-corrected chi connectivity index (χ2v) is 6.81. The smallest absolute Gasteiger partial charge is 0.119 e. The van der Waals surface area contributed by atoms with E-state index in [4.69, 9.17) is 4.74 Å². The van der Waals surface area contributed by atoms with Crippen LogP contribution >= 0.6 is 0 Å². The van der Waals surface area contributed by atoms with Crippen molar-refractivity contribution in [3.63, 3.8) is 0 Å². The number of ether oxygens (including phenoxy) is 1. The Labute approximate surface area is 153 Å². The van der Waals surface area contributed by atoms with Crippen LogP contribution < -0.4 is 4.74 Å². The highest BCUT2D eigenvalue weighted by molar-refractivity contribution is 5.28. The van der Waals surface area contributed by atoms with E-state index >= 15 is 0 Å². The van der Waals surface area contributed by atoms with Crippen LogP contribution in [0.2, 0.25) is 0 Å². The summed E-state index contributed by atoms with van der Waals surface area (Å²) in [6.07, 6.45) is 12.9. The maximum absolute atomic E-state index is 5.63. The van der Waals surface area contributed by atoms with Crippen molar-refractivity contribution >= 4 is 0 Å². The van der Waals surface area contributed by atoms with Crippen LogP contribution in [0.5, 0.6) is 5.75 Å². The molecule has 0 spiro atoms. The lowest BCUT2D eigenvalue weighted by Gasteiger charge is -2.07. The fourth-order valence-electron chi connectivity index (χ4n) is 2.92. The van der Waals surface area contributed by atoms with Crippen molar-refractivity contribution in [2.75, 3.05) is 6.61 Å². The highest BCUT2D eigenvalue weighted by atomic mass is 16.5. The third kappa shape index (κ3) is 7.72. The number of hydrogen-bond acceptors (Lipinski definition) is 2. The van der Waals surface area contributed by atoms with Crippen molar-refractivity contribution in [3.05, 3.63) is 59.4 Å². The van der Waals surface area contributed by atoms with E-state index in [1.165, 1.54) is 48.9 Å². The minimum atomic E-state index is 0.788. The van der Waals surface area contributed by atoms with E-state index in [2.05, 4.69) is 61.4 Å². The molecule has 0 radical (unpaired) electrons. The molecule has 0 aliphatic carbocycles. The van der Waals surface area contributed by atoms with E-state index in [1.807, 2.05) is 0 Å². The number of pyridine rings is 1. The number of aromatic nitrogens is 1. The summed E-state index contributed by atoms with van der Waals surface area (Å²) in [6, 6.07) is 12.9. The zero-order chi connectivity index (χ0) is 17.7. The van der Waals surface area contributed by atoms with Gasteiger partial charge in [0.15, 0.2) is 0 Å². The second kappa shape index (κ2) is 11.7. The van der Waals surface area contributed by atoms with E-state index < -0.39 is 0 Å². The molecule has 1 aromatic heterocycles. The van der Waals surface area contributed by atoms with Gasteiger partial charge in [-0.3, -0.25) is 4.98 Å². The molecule has 0 fully saturated rings. The van der Waals surface area contributed by atoms with Crippen LogP contribution in [0, 0.1) is 0 Å². The first-order valence-corrected chi connectivity index (χ1v) is 9.97. The van der Waals surface area contributed by atoms with Gasteiger partial charge in [-0.2, -0.15) is 0 Å². The molecule has 1 heterocycles. The minimum Gasteiger partial charge on any atom is -0.494 e. The second-order valence-electron chi connectivity index (χ2n) is 6.81. The molecule has 2 rings (SSSR count). The van der Waals surface area contributed by atoms with Crippen LogP contribution in [0.1, 0.15) is 69.2 Å². The van der Waals surface area contributed by atoms with Crippen molar-refractivity contribution in [3.8, 4) is 5.75 Å². The molecule has 0 aliphatic heterocycles. The fourth-order valence-corrected chi connectivity index (χ4v) is 2.92. The van der Waals surface area contributed by atoms with Gasteiger partial charge in [-0.25, -0.2) is 0 Å². The largest absolute Gasteiger partial charge is 0.494 e. The number of aryl methyl sites for hydroxylation is 3. The van der Waals surface area contributed by atoms with Crippen molar-refractivity contribution in [2.24, 2.45) is 0 Å². The van der Waals surface area contributed by atoms with Crippen LogP contribution in [-0.4, -0.2) is 11.6 Å². The van der Waals surface area contributed by atoms with E-state index in [0.29, 0.717) is 0 Å². The molecule has 0 aliphatic rings. The normalized spacial score (nSPS) is 10.8. The van der Waals surface area contributed by atoms with Crippen LogP contribution in [0.3, 0.4) is 0 Å². The Morgan fingerprint density at radius 3 is 2.12 bits per heavy atom. The SMILES string of the molecule is CCCCCCCc1ccc(CCc2ccc(OCCC)cc2)cn1. The molecule has 0 atom stereocenters. The van der Waals surface area contributed by atoms with Gasteiger partial charge in [-0.15, -0.1) is 0 Å². The number of rotatable bonds is 12. The third-order valence-corrected chi connectivity index (χ3v) is 4.52. The zero-order valence-electron chi connectivity index (χ0n) is 16.0. The summed E-state index contributed by atoms with van der Waals surface area (Å²) in [5, 5.41) is 0. The van der Waals surface area contributed by atoms with E-state index in [0.717, 1.165) is 38.0 Å². The van der Waals surface area contributed by atoms with Gasteiger partial charge in [0.05, 0.1) is 6.61 Å². The molecule has 2 heteroatoms. The van der Waals surface area contributed by atoms with Crippen molar-refractivity contribution in [2.45, 2.75) is 71.6 Å². The molecular weight excluding hydrogens is 306 g/mol. The number of hydrogen-bond donors (Lipinski definition) is 0. The summed E-state index contributed by atoms with van der Waals surface area (Å²) < 4.78 is 5.63. The molecule has 136 valence electrons. The summed E-state index contributed by atoms with van der Waals surface area (Å²) in [5.74, 6) is 0.968.